The third-order valence-electron chi connectivity index (χ3n) is 5.06. The second-order valence-corrected chi connectivity index (χ2v) is 7.85. The van der Waals surface area contributed by atoms with Crippen molar-refractivity contribution < 1.29 is 9.59 Å². The van der Waals surface area contributed by atoms with Gasteiger partial charge in [0.25, 0.3) is 11.8 Å². The molecule has 1 aliphatic heterocycles. The molecule has 2 N–H and O–H groups in total. The van der Waals surface area contributed by atoms with Crippen molar-refractivity contribution in [1.29, 1.82) is 0 Å². The van der Waals surface area contributed by atoms with Gasteiger partial charge >= 0.3 is 0 Å². The lowest BCUT2D eigenvalue weighted by Crippen LogP contribution is -2.35. The first-order valence-electron chi connectivity index (χ1n) is 9.98. The van der Waals surface area contributed by atoms with Crippen LogP contribution in [0.3, 0.4) is 0 Å². The standard InChI is InChI=1S/C23H29N3O2/c1-5-16(4)24-22(27)17-10-12-18(13-11-17)25-21-19-8-6-7-9-20(19)23(28)26(21)14-15(2)3/h6-13,15-16,21,25H,5,14H2,1-4H3,(H,24,27). The van der Waals surface area contributed by atoms with Gasteiger partial charge in [-0.25, -0.2) is 0 Å². The number of anilines is 1. The molecule has 2 atom stereocenters. The maximum Gasteiger partial charge on any atom is 0.256 e. The molecule has 0 saturated carbocycles. The first-order chi connectivity index (χ1) is 13.4. The Labute approximate surface area is 167 Å². The largest absolute Gasteiger partial charge is 0.361 e. The molecule has 0 fully saturated rings. The lowest BCUT2D eigenvalue weighted by atomic mass is 10.1. The Kier molecular flexibility index (Phi) is 6.02. The second-order valence-electron chi connectivity index (χ2n) is 7.85. The molecule has 0 aliphatic carbocycles. The predicted octanol–water partition coefficient (Wildman–Crippen LogP) is 4.44. The van der Waals surface area contributed by atoms with Crippen molar-refractivity contribution >= 4 is 17.5 Å². The maximum atomic E-state index is 12.8. The lowest BCUT2D eigenvalue weighted by molar-refractivity contribution is 0.0720. The normalized spacial score (nSPS) is 16.8. The van der Waals surface area contributed by atoms with Crippen LogP contribution in [0.5, 0.6) is 0 Å². The molecule has 0 bridgehead atoms. The summed E-state index contributed by atoms with van der Waals surface area (Å²) in [6.45, 7) is 8.93. The lowest BCUT2D eigenvalue weighted by Gasteiger charge is -2.28. The number of nitrogens with one attached hydrogen (secondary N) is 2. The molecular formula is C23H29N3O2. The van der Waals surface area contributed by atoms with Gasteiger partial charge in [-0.15, -0.1) is 0 Å². The van der Waals surface area contributed by atoms with Gasteiger partial charge in [0, 0.05) is 35.0 Å². The summed E-state index contributed by atoms with van der Waals surface area (Å²) in [5.41, 5.74) is 3.26. The Morgan fingerprint density at radius 1 is 1.07 bits per heavy atom. The van der Waals surface area contributed by atoms with Gasteiger partial charge < -0.3 is 15.5 Å². The molecule has 28 heavy (non-hydrogen) atoms. The van der Waals surface area contributed by atoms with E-state index in [2.05, 4.69) is 24.5 Å². The summed E-state index contributed by atoms with van der Waals surface area (Å²) >= 11 is 0. The molecule has 3 rings (SSSR count). The minimum absolute atomic E-state index is 0.0614. The number of hydrogen-bond acceptors (Lipinski definition) is 3. The first-order valence-corrected chi connectivity index (χ1v) is 9.98. The summed E-state index contributed by atoms with van der Waals surface area (Å²) in [4.78, 5) is 27.0. The number of amides is 2. The van der Waals surface area contributed by atoms with E-state index >= 15 is 0 Å². The van der Waals surface area contributed by atoms with Crippen molar-refractivity contribution in [3.8, 4) is 0 Å². The van der Waals surface area contributed by atoms with Crippen LogP contribution in [0.25, 0.3) is 0 Å². The van der Waals surface area contributed by atoms with Crippen LogP contribution in [0.2, 0.25) is 0 Å². The third kappa shape index (κ3) is 4.19. The van der Waals surface area contributed by atoms with E-state index in [0.717, 1.165) is 23.2 Å². The Balaban J connectivity index is 1.79. The smallest absolute Gasteiger partial charge is 0.256 e. The van der Waals surface area contributed by atoms with E-state index in [1.807, 2.05) is 67.3 Å². The number of carbonyl (C=O) groups is 2. The van der Waals surface area contributed by atoms with Crippen LogP contribution in [0, 0.1) is 5.92 Å². The zero-order valence-corrected chi connectivity index (χ0v) is 17.0. The van der Waals surface area contributed by atoms with Crippen LogP contribution in [-0.2, 0) is 0 Å². The average Bonchev–Trinajstić information content (AvgIpc) is 2.94. The van der Waals surface area contributed by atoms with Gasteiger partial charge in [-0.3, -0.25) is 9.59 Å². The Bertz CT molecular complexity index is 845. The fourth-order valence-corrected chi connectivity index (χ4v) is 3.39. The van der Waals surface area contributed by atoms with E-state index < -0.39 is 0 Å². The number of hydrogen-bond donors (Lipinski definition) is 2. The molecule has 2 amide bonds. The van der Waals surface area contributed by atoms with E-state index in [1.54, 1.807) is 0 Å². The maximum absolute atomic E-state index is 12.8. The molecule has 0 spiro atoms. The molecular weight excluding hydrogens is 350 g/mol. The number of benzene rings is 2. The van der Waals surface area contributed by atoms with Gasteiger partial charge in [0.15, 0.2) is 0 Å². The van der Waals surface area contributed by atoms with Crippen LogP contribution in [-0.4, -0.2) is 29.3 Å². The minimum atomic E-state index is -0.203. The van der Waals surface area contributed by atoms with Gasteiger partial charge in [-0.2, -0.15) is 0 Å². The highest BCUT2D eigenvalue weighted by atomic mass is 16.2. The van der Waals surface area contributed by atoms with Crippen LogP contribution < -0.4 is 10.6 Å². The Morgan fingerprint density at radius 2 is 1.75 bits per heavy atom. The molecule has 2 aromatic carbocycles. The summed E-state index contributed by atoms with van der Waals surface area (Å²) in [7, 11) is 0. The van der Waals surface area contributed by atoms with Crippen molar-refractivity contribution in [3.05, 3.63) is 65.2 Å². The highest BCUT2D eigenvalue weighted by Crippen LogP contribution is 2.34. The van der Waals surface area contributed by atoms with Crippen molar-refractivity contribution in [2.75, 3.05) is 11.9 Å². The molecule has 2 unspecified atom stereocenters. The number of rotatable bonds is 7. The molecule has 5 nitrogen and oxygen atoms in total. The van der Waals surface area contributed by atoms with Gasteiger partial charge in [-0.05, 0) is 49.6 Å². The van der Waals surface area contributed by atoms with E-state index in [1.165, 1.54) is 0 Å². The Hall–Kier alpha value is -2.82. The zero-order valence-electron chi connectivity index (χ0n) is 17.0. The van der Waals surface area contributed by atoms with Crippen molar-refractivity contribution in [2.45, 2.75) is 46.3 Å². The minimum Gasteiger partial charge on any atom is -0.361 e. The fraction of sp³-hybridized carbons (Fsp3) is 0.391. The molecule has 0 radical (unpaired) electrons. The van der Waals surface area contributed by atoms with E-state index in [-0.39, 0.29) is 24.0 Å². The first kappa shape index (κ1) is 19.9. The summed E-state index contributed by atoms with van der Waals surface area (Å²) in [6, 6.07) is 15.3. The van der Waals surface area contributed by atoms with E-state index in [0.29, 0.717) is 18.0 Å². The zero-order chi connectivity index (χ0) is 20.3. The van der Waals surface area contributed by atoms with Crippen molar-refractivity contribution in [3.63, 3.8) is 0 Å². The Morgan fingerprint density at radius 3 is 2.39 bits per heavy atom. The number of fused-ring (bicyclic) bond motifs is 1. The van der Waals surface area contributed by atoms with Crippen LogP contribution >= 0.6 is 0 Å². The fourth-order valence-electron chi connectivity index (χ4n) is 3.39. The average molecular weight is 380 g/mol. The van der Waals surface area contributed by atoms with Crippen molar-refractivity contribution in [1.82, 2.24) is 10.2 Å². The van der Waals surface area contributed by atoms with E-state index in [4.69, 9.17) is 0 Å². The summed E-state index contributed by atoms with van der Waals surface area (Å²) in [5.74, 6) is 0.365. The molecule has 2 aromatic rings. The van der Waals surface area contributed by atoms with Crippen LogP contribution in [0.15, 0.2) is 48.5 Å². The van der Waals surface area contributed by atoms with Crippen LogP contribution in [0.1, 0.15) is 66.6 Å². The SMILES string of the molecule is CCC(C)NC(=O)c1ccc(NC2c3ccccc3C(=O)N2CC(C)C)cc1. The third-order valence-corrected chi connectivity index (χ3v) is 5.06. The van der Waals surface area contributed by atoms with Crippen LogP contribution in [0.4, 0.5) is 5.69 Å². The van der Waals surface area contributed by atoms with E-state index in [9.17, 15) is 9.59 Å². The highest BCUT2D eigenvalue weighted by Gasteiger charge is 2.36. The van der Waals surface area contributed by atoms with Gasteiger partial charge in [0.1, 0.15) is 6.17 Å². The molecule has 1 heterocycles. The summed E-state index contributed by atoms with van der Waals surface area (Å²) in [5, 5.41) is 6.45. The quantitative estimate of drug-likeness (QED) is 0.748. The molecule has 5 heteroatoms. The topological polar surface area (TPSA) is 61.4 Å². The summed E-state index contributed by atoms with van der Waals surface area (Å²) < 4.78 is 0. The molecule has 148 valence electrons. The number of carbonyl (C=O) groups excluding carboxylic acids is 2. The monoisotopic (exact) mass is 379 g/mol. The second kappa shape index (κ2) is 8.46. The highest BCUT2D eigenvalue weighted by molar-refractivity contribution is 5.99. The number of nitrogens with zero attached hydrogens (tertiary/aromatic N) is 1. The van der Waals surface area contributed by atoms with Gasteiger partial charge in [0.05, 0.1) is 0 Å². The molecule has 0 saturated heterocycles. The predicted molar refractivity (Wildman–Crippen MR) is 112 cm³/mol. The van der Waals surface area contributed by atoms with Gasteiger partial charge in [-0.1, -0.05) is 39.0 Å². The molecule has 1 aliphatic rings. The molecule has 0 aromatic heterocycles. The summed E-state index contributed by atoms with van der Waals surface area (Å²) in [6.07, 6.45) is 0.692. The van der Waals surface area contributed by atoms with Gasteiger partial charge in [0.2, 0.25) is 0 Å². The van der Waals surface area contributed by atoms with Crippen molar-refractivity contribution in [2.24, 2.45) is 5.92 Å².